The van der Waals surface area contributed by atoms with Crippen LogP contribution >= 0.6 is 0 Å². The first-order valence-electron chi connectivity index (χ1n) is 3.48. The summed E-state index contributed by atoms with van der Waals surface area (Å²) in [5, 5.41) is 0. The molecule has 0 saturated carbocycles. The molecule has 1 aromatic rings. The van der Waals surface area contributed by atoms with Crippen LogP contribution in [0.4, 0.5) is 0 Å². The SMILES string of the molecule is C=C(C)c1cnc(C(=C)C)[nH]1. The molecule has 0 saturated heterocycles. The highest BCUT2D eigenvalue weighted by atomic mass is 14.9. The number of H-pyrrole nitrogens is 1. The van der Waals surface area contributed by atoms with Gasteiger partial charge in [-0.1, -0.05) is 13.2 Å². The largest absolute Gasteiger partial charge is 0.339 e. The Morgan fingerprint density at radius 2 is 2.00 bits per heavy atom. The molecule has 0 aromatic carbocycles. The maximum atomic E-state index is 4.12. The molecule has 0 radical (unpaired) electrons. The fourth-order valence-corrected chi connectivity index (χ4v) is 0.755. The molecule has 1 aromatic heterocycles. The summed E-state index contributed by atoms with van der Waals surface area (Å²) in [6, 6.07) is 0. The molecule has 2 nitrogen and oxygen atoms in total. The van der Waals surface area contributed by atoms with E-state index < -0.39 is 0 Å². The Hall–Kier alpha value is -1.31. The van der Waals surface area contributed by atoms with E-state index in [2.05, 4.69) is 23.1 Å². The van der Waals surface area contributed by atoms with Crippen molar-refractivity contribution in [3.05, 3.63) is 30.9 Å². The van der Waals surface area contributed by atoms with Crippen molar-refractivity contribution in [3.63, 3.8) is 0 Å². The number of hydrogen-bond donors (Lipinski definition) is 1. The van der Waals surface area contributed by atoms with E-state index in [1.165, 1.54) is 0 Å². The van der Waals surface area contributed by atoms with E-state index >= 15 is 0 Å². The van der Waals surface area contributed by atoms with Gasteiger partial charge in [0.15, 0.2) is 0 Å². The summed E-state index contributed by atoms with van der Waals surface area (Å²) in [7, 11) is 0. The maximum absolute atomic E-state index is 4.12. The third-order valence-electron chi connectivity index (χ3n) is 1.44. The number of nitrogens with zero attached hydrogens (tertiary/aromatic N) is 1. The monoisotopic (exact) mass is 148 g/mol. The lowest BCUT2D eigenvalue weighted by Gasteiger charge is -1.92. The number of allylic oxidation sites excluding steroid dienone is 2. The minimum absolute atomic E-state index is 0.836. The third-order valence-corrected chi connectivity index (χ3v) is 1.44. The van der Waals surface area contributed by atoms with E-state index in [4.69, 9.17) is 0 Å². The summed E-state index contributed by atoms with van der Waals surface area (Å²) in [6.45, 7) is 11.4. The van der Waals surface area contributed by atoms with Gasteiger partial charge >= 0.3 is 0 Å². The van der Waals surface area contributed by atoms with Crippen LogP contribution in [0.25, 0.3) is 11.1 Å². The van der Waals surface area contributed by atoms with Crippen molar-refractivity contribution < 1.29 is 0 Å². The van der Waals surface area contributed by atoms with Crippen LogP contribution in [-0.4, -0.2) is 9.97 Å². The molecule has 1 heterocycles. The molecule has 0 fully saturated rings. The molecule has 2 heteroatoms. The Balaban J connectivity index is 2.99. The first kappa shape index (κ1) is 7.79. The van der Waals surface area contributed by atoms with Crippen LogP contribution in [0.2, 0.25) is 0 Å². The Kier molecular flexibility index (Phi) is 1.94. The average Bonchev–Trinajstić information content (AvgIpc) is 2.33. The molecule has 0 atom stereocenters. The van der Waals surface area contributed by atoms with Gasteiger partial charge in [0, 0.05) is 0 Å². The van der Waals surface area contributed by atoms with Gasteiger partial charge in [-0.25, -0.2) is 4.98 Å². The average molecular weight is 148 g/mol. The van der Waals surface area contributed by atoms with Crippen molar-refractivity contribution in [2.45, 2.75) is 13.8 Å². The fraction of sp³-hybridized carbons (Fsp3) is 0.222. The maximum Gasteiger partial charge on any atom is 0.132 e. The summed E-state index contributed by atoms with van der Waals surface area (Å²) in [5.41, 5.74) is 2.91. The van der Waals surface area contributed by atoms with Crippen molar-refractivity contribution in [1.82, 2.24) is 9.97 Å². The van der Waals surface area contributed by atoms with E-state index in [-0.39, 0.29) is 0 Å². The molecular formula is C9H12N2. The highest BCUT2D eigenvalue weighted by molar-refractivity contribution is 5.61. The second kappa shape index (κ2) is 2.74. The zero-order chi connectivity index (χ0) is 8.43. The van der Waals surface area contributed by atoms with Crippen molar-refractivity contribution in [1.29, 1.82) is 0 Å². The summed E-state index contributed by atoms with van der Waals surface area (Å²) >= 11 is 0. The molecule has 0 aliphatic rings. The Morgan fingerprint density at radius 1 is 1.36 bits per heavy atom. The zero-order valence-corrected chi connectivity index (χ0v) is 6.94. The lowest BCUT2D eigenvalue weighted by atomic mass is 10.3. The molecule has 0 aliphatic carbocycles. The van der Waals surface area contributed by atoms with Crippen LogP contribution in [0.3, 0.4) is 0 Å². The molecule has 58 valence electrons. The van der Waals surface area contributed by atoms with Crippen molar-refractivity contribution in [2.24, 2.45) is 0 Å². The van der Waals surface area contributed by atoms with E-state index in [1.54, 1.807) is 6.20 Å². The highest BCUT2D eigenvalue weighted by Gasteiger charge is 1.99. The van der Waals surface area contributed by atoms with Crippen molar-refractivity contribution >= 4 is 11.1 Å². The number of rotatable bonds is 2. The number of nitrogens with one attached hydrogen (secondary N) is 1. The number of hydrogen-bond acceptors (Lipinski definition) is 1. The van der Waals surface area contributed by atoms with Gasteiger partial charge in [0.25, 0.3) is 0 Å². The molecule has 0 bridgehead atoms. The van der Waals surface area contributed by atoms with Crippen molar-refractivity contribution in [3.8, 4) is 0 Å². The predicted octanol–water partition coefficient (Wildman–Crippen LogP) is 2.48. The Labute approximate surface area is 66.7 Å². The summed E-state index contributed by atoms with van der Waals surface area (Å²) in [6.07, 6.45) is 1.77. The topological polar surface area (TPSA) is 28.7 Å². The van der Waals surface area contributed by atoms with Crippen LogP contribution in [0.1, 0.15) is 25.4 Å². The van der Waals surface area contributed by atoms with E-state index in [1.807, 2.05) is 13.8 Å². The second-order valence-corrected chi connectivity index (χ2v) is 2.71. The van der Waals surface area contributed by atoms with E-state index in [0.29, 0.717) is 0 Å². The van der Waals surface area contributed by atoms with Gasteiger partial charge in [0.1, 0.15) is 5.82 Å². The van der Waals surface area contributed by atoms with Crippen LogP contribution in [0.15, 0.2) is 19.4 Å². The standard InChI is InChI=1S/C9H12N2/c1-6(2)8-5-10-9(11-8)7(3)4/h5H,1,3H2,2,4H3,(H,10,11). The molecule has 0 amide bonds. The van der Waals surface area contributed by atoms with Crippen LogP contribution in [0.5, 0.6) is 0 Å². The molecule has 11 heavy (non-hydrogen) atoms. The highest BCUT2D eigenvalue weighted by Crippen LogP contribution is 2.11. The van der Waals surface area contributed by atoms with Crippen molar-refractivity contribution in [2.75, 3.05) is 0 Å². The number of imidazole rings is 1. The molecule has 0 spiro atoms. The molecule has 0 aliphatic heterocycles. The normalized spacial score (nSPS) is 9.64. The van der Waals surface area contributed by atoms with Gasteiger partial charge in [-0.15, -0.1) is 0 Å². The summed E-state index contributed by atoms with van der Waals surface area (Å²) in [5.74, 6) is 0.836. The Morgan fingerprint density at radius 3 is 2.27 bits per heavy atom. The first-order valence-corrected chi connectivity index (χ1v) is 3.48. The Bertz CT molecular complexity index is 266. The zero-order valence-electron chi connectivity index (χ0n) is 6.94. The van der Waals surface area contributed by atoms with E-state index in [9.17, 15) is 0 Å². The van der Waals surface area contributed by atoms with Crippen LogP contribution in [-0.2, 0) is 0 Å². The summed E-state index contributed by atoms with van der Waals surface area (Å²) in [4.78, 5) is 7.22. The quantitative estimate of drug-likeness (QED) is 0.685. The molecule has 1 N–H and O–H groups in total. The van der Waals surface area contributed by atoms with Gasteiger partial charge in [0.05, 0.1) is 11.9 Å². The molecule has 0 unspecified atom stereocenters. The number of aromatic amines is 1. The minimum Gasteiger partial charge on any atom is -0.339 e. The van der Waals surface area contributed by atoms with E-state index in [0.717, 1.165) is 22.7 Å². The third kappa shape index (κ3) is 1.58. The van der Waals surface area contributed by atoms with Crippen LogP contribution < -0.4 is 0 Å². The van der Waals surface area contributed by atoms with Gasteiger partial charge in [0.2, 0.25) is 0 Å². The number of aromatic nitrogens is 2. The van der Waals surface area contributed by atoms with Crippen LogP contribution in [0, 0.1) is 0 Å². The summed E-state index contributed by atoms with van der Waals surface area (Å²) < 4.78 is 0. The fourth-order valence-electron chi connectivity index (χ4n) is 0.755. The lowest BCUT2D eigenvalue weighted by Crippen LogP contribution is -1.81. The first-order chi connectivity index (χ1) is 5.11. The van der Waals surface area contributed by atoms with Gasteiger partial charge in [-0.05, 0) is 25.0 Å². The van der Waals surface area contributed by atoms with Gasteiger partial charge in [-0.2, -0.15) is 0 Å². The lowest BCUT2D eigenvalue weighted by molar-refractivity contribution is 1.22. The smallest absolute Gasteiger partial charge is 0.132 e. The second-order valence-electron chi connectivity index (χ2n) is 2.71. The predicted molar refractivity (Wildman–Crippen MR) is 48.0 cm³/mol. The molecular weight excluding hydrogens is 136 g/mol. The van der Waals surface area contributed by atoms with Gasteiger partial charge in [-0.3, -0.25) is 0 Å². The van der Waals surface area contributed by atoms with Gasteiger partial charge < -0.3 is 4.98 Å². The molecule has 1 rings (SSSR count). The minimum atomic E-state index is 0.836.